The summed E-state index contributed by atoms with van der Waals surface area (Å²) in [7, 11) is 0. The van der Waals surface area contributed by atoms with Crippen LogP contribution in [0.4, 0.5) is 0 Å². The van der Waals surface area contributed by atoms with Gasteiger partial charge in [0.2, 0.25) is 0 Å². The Morgan fingerprint density at radius 1 is 1.29 bits per heavy atom. The van der Waals surface area contributed by atoms with Crippen molar-refractivity contribution in [1.29, 1.82) is 0 Å². The average Bonchev–Trinajstić information content (AvgIpc) is 2.65. The summed E-state index contributed by atoms with van der Waals surface area (Å²) >= 11 is 0. The van der Waals surface area contributed by atoms with E-state index in [0.29, 0.717) is 0 Å². The van der Waals surface area contributed by atoms with Crippen LogP contribution in [0.5, 0.6) is 0 Å². The van der Waals surface area contributed by atoms with Gasteiger partial charge in [-0.15, -0.1) is 5.10 Å². The number of aromatic nitrogens is 5. The van der Waals surface area contributed by atoms with Crippen LogP contribution in [0.3, 0.4) is 0 Å². The molecule has 3 heterocycles. The van der Waals surface area contributed by atoms with E-state index < -0.39 is 0 Å². The van der Waals surface area contributed by atoms with E-state index >= 15 is 0 Å². The van der Waals surface area contributed by atoms with Gasteiger partial charge < -0.3 is 0 Å². The topological polar surface area (TPSA) is 56.5 Å². The first-order chi connectivity index (χ1) is 6.84. The van der Waals surface area contributed by atoms with E-state index in [1.54, 1.807) is 4.68 Å². The highest BCUT2D eigenvalue weighted by Crippen LogP contribution is 2.20. The van der Waals surface area contributed by atoms with Crippen molar-refractivity contribution in [3.63, 3.8) is 0 Å². The average molecular weight is 187 g/mol. The van der Waals surface area contributed by atoms with E-state index in [4.69, 9.17) is 0 Å². The van der Waals surface area contributed by atoms with Crippen molar-refractivity contribution in [3.8, 4) is 5.69 Å². The summed E-state index contributed by atoms with van der Waals surface area (Å²) in [5.41, 5.74) is 3.15. The number of pyridine rings is 1. The second-order valence-corrected chi connectivity index (χ2v) is 3.43. The molecule has 5 nitrogen and oxygen atoms in total. The summed E-state index contributed by atoms with van der Waals surface area (Å²) < 4.78 is 1.77. The number of aryl methyl sites for hydroxylation is 3. The Kier molecular flexibility index (Phi) is 1.41. The second kappa shape index (κ2) is 2.60. The van der Waals surface area contributed by atoms with E-state index in [-0.39, 0.29) is 0 Å². The van der Waals surface area contributed by atoms with Crippen LogP contribution in [0.1, 0.15) is 17.2 Å². The van der Waals surface area contributed by atoms with E-state index in [1.807, 2.05) is 19.1 Å². The van der Waals surface area contributed by atoms with Crippen molar-refractivity contribution in [3.05, 3.63) is 29.3 Å². The molecule has 2 aromatic heterocycles. The van der Waals surface area contributed by atoms with Crippen LogP contribution in [0.15, 0.2) is 12.1 Å². The molecule has 14 heavy (non-hydrogen) atoms. The fourth-order valence-electron chi connectivity index (χ4n) is 1.76. The van der Waals surface area contributed by atoms with Gasteiger partial charge in [0.15, 0.2) is 5.82 Å². The first-order valence-corrected chi connectivity index (χ1v) is 4.59. The fraction of sp³-hybridized carbons (Fsp3) is 0.333. The van der Waals surface area contributed by atoms with Crippen LogP contribution in [-0.2, 0) is 12.8 Å². The van der Waals surface area contributed by atoms with Gasteiger partial charge in [0.25, 0.3) is 0 Å². The zero-order valence-corrected chi connectivity index (χ0v) is 7.80. The molecule has 2 aromatic rings. The van der Waals surface area contributed by atoms with E-state index in [9.17, 15) is 0 Å². The van der Waals surface area contributed by atoms with Gasteiger partial charge in [0, 0.05) is 12.1 Å². The summed E-state index contributed by atoms with van der Waals surface area (Å²) in [6.45, 7) is 2.00. The summed E-state index contributed by atoms with van der Waals surface area (Å²) in [6, 6.07) is 4.01. The van der Waals surface area contributed by atoms with Gasteiger partial charge >= 0.3 is 0 Å². The Balaban J connectivity index is 2.26. The predicted octanol–water partition coefficient (Wildman–Crippen LogP) is 0.464. The van der Waals surface area contributed by atoms with E-state index in [0.717, 1.165) is 35.7 Å². The highest BCUT2D eigenvalue weighted by molar-refractivity contribution is 5.39. The Bertz CT molecular complexity index is 488. The first kappa shape index (κ1) is 7.61. The molecule has 0 aromatic carbocycles. The lowest BCUT2D eigenvalue weighted by Gasteiger charge is -2.14. The molecule has 0 unspecified atom stereocenters. The van der Waals surface area contributed by atoms with Gasteiger partial charge in [-0.2, -0.15) is 4.68 Å². The highest BCUT2D eigenvalue weighted by atomic mass is 15.5. The maximum Gasteiger partial charge on any atom is 0.157 e. The quantitative estimate of drug-likeness (QED) is 0.601. The normalized spacial score (nSPS) is 13.5. The Morgan fingerprint density at radius 3 is 3.14 bits per heavy atom. The molecule has 1 aliphatic rings. The SMILES string of the molecule is Cc1ccc2c(n1)CCc1nnnn1-2. The molecule has 0 atom stereocenters. The molecule has 0 saturated heterocycles. The minimum Gasteiger partial charge on any atom is -0.256 e. The van der Waals surface area contributed by atoms with Crippen molar-refractivity contribution in [2.45, 2.75) is 19.8 Å². The molecule has 0 radical (unpaired) electrons. The second-order valence-electron chi connectivity index (χ2n) is 3.43. The molecule has 0 saturated carbocycles. The summed E-state index contributed by atoms with van der Waals surface area (Å²) in [5, 5.41) is 11.6. The number of hydrogen-bond acceptors (Lipinski definition) is 4. The first-order valence-electron chi connectivity index (χ1n) is 4.59. The van der Waals surface area contributed by atoms with Gasteiger partial charge in [0.1, 0.15) is 0 Å². The molecular formula is C9H9N5. The number of rotatable bonds is 0. The van der Waals surface area contributed by atoms with Crippen LogP contribution < -0.4 is 0 Å². The standard InChI is InChI=1S/C9H9N5/c1-6-2-4-8-7(10-6)3-5-9-11-12-13-14(8)9/h2,4H,3,5H2,1H3. The molecule has 0 spiro atoms. The molecular weight excluding hydrogens is 178 g/mol. The summed E-state index contributed by atoms with van der Waals surface area (Å²) in [6.07, 6.45) is 1.80. The summed E-state index contributed by atoms with van der Waals surface area (Å²) in [4.78, 5) is 4.48. The number of fused-ring (bicyclic) bond motifs is 3. The Morgan fingerprint density at radius 2 is 2.21 bits per heavy atom. The van der Waals surface area contributed by atoms with Crippen molar-refractivity contribution >= 4 is 0 Å². The van der Waals surface area contributed by atoms with Crippen LogP contribution in [0.25, 0.3) is 5.69 Å². The van der Waals surface area contributed by atoms with Gasteiger partial charge in [-0.3, -0.25) is 4.98 Å². The van der Waals surface area contributed by atoms with Crippen LogP contribution in [0, 0.1) is 6.92 Å². The molecule has 0 amide bonds. The third kappa shape index (κ3) is 0.951. The van der Waals surface area contributed by atoms with Gasteiger partial charge in [-0.25, -0.2) is 0 Å². The molecule has 0 fully saturated rings. The summed E-state index contributed by atoms with van der Waals surface area (Å²) in [5.74, 6) is 0.920. The number of tetrazole rings is 1. The molecule has 0 N–H and O–H groups in total. The van der Waals surface area contributed by atoms with Gasteiger partial charge in [-0.1, -0.05) is 0 Å². The van der Waals surface area contributed by atoms with Gasteiger partial charge in [0.05, 0.1) is 11.4 Å². The van der Waals surface area contributed by atoms with Crippen LogP contribution >= 0.6 is 0 Å². The van der Waals surface area contributed by atoms with E-state index in [1.165, 1.54) is 0 Å². The predicted molar refractivity (Wildman–Crippen MR) is 49.1 cm³/mol. The lowest BCUT2D eigenvalue weighted by Crippen LogP contribution is -2.15. The Labute approximate surface area is 80.8 Å². The minimum absolute atomic E-state index is 0.871. The lowest BCUT2D eigenvalue weighted by atomic mass is 10.1. The largest absolute Gasteiger partial charge is 0.256 e. The maximum absolute atomic E-state index is 4.48. The zero-order valence-electron chi connectivity index (χ0n) is 7.80. The van der Waals surface area contributed by atoms with Crippen molar-refractivity contribution in [2.24, 2.45) is 0 Å². The molecule has 3 rings (SSSR count). The van der Waals surface area contributed by atoms with E-state index in [2.05, 4.69) is 20.5 Å². The lowest BCUT2D eigenvalue weighted by molar-refractivity contribution is 0.694. The molecule has 0 bridgehead atoms. The number of nitrogens with zero attached hydrogens (tertiary/aromatic N) is 5. The molecule has 5 heteroatoms. The highest BCUT2D eigenvalue weighted by Gasteiger charge is 2.18. The number of hydrogen-bond donors (Lipinski definition) is 0. The van der Waals surface area contributed by atoms with Crippen molar-refractivity contribution < 1.29 is 0 Å². The van der Waals surface area contributed by atoms with Crippen LogP contribution in [0.2, 0.25) is 0 Å². The fourth-order valence-corrected chi connectivity index (χ4v) is 1.76. The van der Waals surface area contributed by atoms with Crippen molar-refractivity contribution in [2.75, 3.05) is 0 Å². The van der Waals surface area contributed by atoms with Crippen molar-refractivity contribution in [1.82, 2.24) is 25.2 Å². The third-order valence-electron chi connectivity index (χ3n) is 2.44. The zero-order chi connectivity index (χ0) is 9.54. The molecule has 70 valence electrons. The van der Waals surface area contributed by atoms with Gasteiger partial charge in [-0.05, 0) is 35.9 Å². The molecule has 0 aliphatic carbocycles. The Hall–Kier alpha value is -1.78. The maximum atomic E-state index is 4.48. The third-order valence-corrected chi connectivity index (χ3v) is 2.44. The monoisotopic (exact) mass is 187 g/mol. The smallest absolute Gasteiger partial charge is 0.157 e. The van der Waals surface area contributed by atoms with Crippen LogP contribution in [-0.4, -0.2) is 25.2 Å². The molecule has 1 aliphatic heterocycles. The minimum atomic E-state index is 0.871.